The van der Waals surface area contributed by atoms with E-state index in [2.05, 4.69) is 0 Å². The Bertz CT molecular complexity index is 993. The molecular weight excluding hydrogens is 423 g/mol. The van der Waals surface area contributed by atoms with Crippen LogP contribution >= 0.6 is 0 Å². The molecule has 2 aromatic carbocycles. The lowest BCUT2D eigenvalue weighted by atomic mass is 9.81. The maximum atomic E-state index is 13.3. The molecule has 1 saturated heterocycles. The van der Waals surface area contributed by atoms with Crippen LogP contribution < -0.4 is 4.74 Å². The van der Waals surface area contributed by atoms with Gasteiger partial charge < -0.3 is 9.84 Å². The van der Waals surface area contributed by atoms with Gasteiger partial charge in [-0.15, -0.1) is 0 Å². The van der Waals surface area contributed by atoms with Gasteiger partial charge in [0.2, 0.25) is 5.91 Å². The van der Waals surface area contributed by atoms with E-state index in [-0.39, 0.29) is 10.7 Å². The van der Waals surface area contributed by atoms with Gasteiger partial charge in [-0.2, -0.15) is 21.6 Å². The summed E-state index contributed by atoms with van der Waals surface area (Å²) in [6.07, 6.45) is 0.0245. The Kier molecular flexibility index (Phi) is 6.09. The number of ether oxygens (including phenoxy) is 1. The fourth-order valence-electron chi connectivity index (χ4n) is 3.85. The predicted octanol–water partition coefficient (Wildman–Crippen LogP) is 2.69. The van der Waals surface area contributed by atoms with E-state index < -0.39 is 45.9 Å². The van der Waals surface area contributed by atoms with E-state index in [1.54, 1.807) is 54.6 Å². The zero-order valence-corrected chi connectivity index (χ0v) is 16.7. The molecule has 3 atom stereocenters. The fraction of sp³-hybridized carbons (Fsp3) is 0.350. The number of carbonyl (C=O) groups is 1. The van der Waals surface area contributed by atoms with Gasteiger partial charge in [-0.1, -0.05) is 42.5 Å². The van der Waals surface area contributed by atoms with Crippen LogP contribution in [-0.2, 0) is 21.2 Å². The number of rotatable bonds is 6. The molecule has 0 saturated carbocycles. The number of aliphatic hydroxyl groups is 1. The first-order valence-corrected chi connectivity index (χ1v) is 10.5. The topological polar surface area (TPSA) is 83.9 Å². The highest BCUT2D eigenvalue weighted by Gasteiger charge is 2.60. The van der Waals surface area contributed by atoms with Crippen LogP contribution in [0.5, 0.6) is 5.75 Å². The Morgan fingerprint density at radius 3 is 2.17 bits per heavy atom. The van der Waals surface area contributed by atoms with E-state index in [0.29, 0.717) is 16.9 Å². The number of hydrogen-bond donors (Lipinski definition) is 1. The quantitative estimate of drug-likeness (QED) is 0.742. The van der Waals surface area contributed by atoms with Gasteiger partial charge in [0.1, 0.15) is 5.75 Å². The van der Waals surface area contributed by atoms with Crippen LogP contribution in [0.3, 0.4) is 0 Å². The molecule has 10 heteroatoms. The maximum absolute atomic E-state index is 13.3. The van der Waals surface area contributed by atoms with Gasteiger partial charge in [-0.05, 0) is 29.7 Å². The Balaban J connectivity index is 2.11. The molecule has 0 bridgehead atoms. The third-order valence-electron chi connectivity index (χ3n) is 5.22. The minimum Gasteiger partial charge on any atom is -0.497 e. The second-order valence-electron chi connectivity index (χ2n) is 6.93. The van der Waals surface area contributed by atoms with Crippen LogP contribution in [0.4, 0.5) is 13.2 Å². The van der Waals surface area contributed by atoms with E-state index in [1.807, 2.05) is 0 Å². The molecule has 30 heavy (non-hydrogen) atoms. The molecule has 1 N–H and O–H groups in total. The Morgan fingerprint density at radius 2 is 1.67 bits per heavy atom. The fourth-order valence-corrected chi connectivity index (χ4v) is 5.00. The first-order valence-electron chi connectivity index (χ1n) is 9.05. The van der Waals surface area contributed by atoms with Gasteiger partial charge in [0.05, 0.1) is 25.7 Å². The zero-order valence-electron chi connectivity index (χ0n) is 15.9. The van der Waals surface area contributed by atoms with Crippen molar-refractivity contribution in [2.75, 3.05) is 13.7 Å². The number of benzene rings is 2. The highest BCUT2D eigenvalue weighted by molar-refractivity contribution is 7.90. The molecule has 1 aliphatic rings. The third kappa shape index (κ3) is 3.89. The summed E-state index contributed by atoms with van der Waals surface area (Å²) in [5.74, 6) is -2.76. The molecule has 6 nitrogen and oxygen atoms in total. The number of sulfonamides is 1. The van der Waals surface area contributed by atoms with E-state index in [0.717, 1.165) is 0 Å². The number of methoxy groups -OCH3 is 1. The molecule has 0 aromatic heterocycles. The molecule has 1 fully saturated rings. The summed E-state index contributed by atoms with van der Waals surface area (Å²) >= 11 is 0. The molecule has 2 aromatic rings. The largest absolute Gasteiger partial charge is 0.516 e. The average molecular weight is 443 g/mol. The standard InChI is InChI=1S/C20H20F3NO5S/c1-29-15-9-7-14(8-10-15)18-16(11-13-5-3-2-4-6-13)19(26)24(17(18)12-25)30(27,28)20(21,22)23/h2-10,16-18,25H,11-12H2,1H3/t16-,17-,18+/m1/s1. The molecule has 3 rings (SSSR count). The normalized spacial score (nSPS) is 22.4. The highest BCUT2D eigenvalue weighted by atomic mass is 32.2. The van der Waals surface area contributed by atoms with Crippen molar-refractivity contribution in [1.29, 1.82) is 0 Å². The number of aliphatic hydroxyl groups excluding tert-OH is 1. The molecule has 0 aliphatic carbocycles. The van der Waals surface area contributed by atoms with Crippen molar-refractivity contribution in [3.05, 3.63) is 65.7 Å². The summed E-state index contributed by atoms with van der Waals surface area (Å²) in [6.45, 7) is -0.941. The van der Waals surface area contributed by atoms with Crippen LogP contribution in [-0.4, -0.2) is 49.0 Å². The lowest BCUT2D eigenvalue weighted by Crippen LogP contribution is -2.48. The van der Waals surface area contributed by atoms with Crippen molar-refractivity contribution in [1.82, 2.24) is 4.31 Å². The second-order valence-corrected chi connectivity index (χ2v) is 8.74. The van der Waals surface area contributed by atoms with Crippen molar-refractivity contribution in [3.8, 4) is 5.75 Å². The minimum absolute atomic E-state index is 0.0245. The highest BCUT2D eigenvalue weighted by Crippen LogP contribution is 2.45. The molecule has 162 valence electrons. The summed E-state index contributed by atoms with van der Waals surface area (Å²) in [6, 6.07) is 13.2. The summed E-state index contributed by atoms with van der Waals surface area (Å²) in [4.78, 5) is 13.0. The van der Waals surface area contributed by atoms with Crippen LogP contribution in [0.2, 0.25) is 0 Å². The first kappa shape index (κ1) is 22.1. The summed E-state index contributed by atoms with van der Waals surface area (Å²) in [5.41, 5.74) is -4.57. The van der Waals surface area contributed by atoms with E-state index in [4.69, 9.17) is 4.74 Å². The Hall–Kier alpha value is -2.59. The third-order valence-corrected chi connectivity index (χ3v) is 6.77. The van der Waals surface area contributed by atoms with Crippen LogP contribution in [0, 0.1) is 5.92 Å². The molecule has 1 heterocycles. The predicted molar refractivity (Wildman–Crippen MR) is 102 cm³/mol. The van der Waals surface area contributed by atoms with Gasteiger partial charge in [0.15, 0.2) is 0 Å². The lowest BCUT2D eigenvalue weighted by Gasteiger charge is -2.27. The van der Waals surface area contributed by atoms with Gasteiger partial charge in [0, 0.05) is 5.92 Å². The van der Waals surface area contributed by atoms with Gasteiger partial charge in [-0.3, -0.25) is 4.79 Å². The van der Waals surface area contributed by atoms with E-state index >= 15 is 0 Å². The van der Waals surface area contributed by atoms with Crippen molar-refractivity contribution in [2.45, 2.75) is 23.9 Å². The molecule has 1 amide bonds. The maximum Gasteiger partial charge on any atom is 0.516 e. The summed E-state index contributed by atoms with van der Waals surface area (Å²) in [5, 5.41) is 9.85. The van der Waals surface area contributed by atoms with Crippen molar-refractivity contribution in [3.63, 3.8) is 0 Å². The van der Waals surface area contributed by atoms with Crippen molar-refractivity contribution in [2.24, 2.45) is 5.92 Å². The minimum atomic E-state index is -5.97. The molecule has 1 aliphatic heterocycles. The molecule has 0 spiro atoms. The SMILES string of the molecule is COc1ccc([C@@H]2[C@@H](CO)N(S(=O)(=O)C(F)(F)F)C(=O)[C@@H]2Cc2ccccc2)cc1. The first-order chi connectivity index (χ1) is 14.1. The number of alkyl halides is 3. The van der Waals surface area contributed by atoms with E-state index in [9.17, 15) is 31.5 Å². The number of carbonyl (C=O) groups excluding carboxylic acids is 1. The van der Waals surface area contributed by atoms with Crippen LogP contribution in [0.15, 0.2) is 54.6 Å². The molecular formula is C20H20F3NO5S. The van der Waals surface area contributed by atoms with Crippen molar-refractivity contribution >= 4 is 15.9 Å². The number of nitrogens with zero attached hydrogens (tertiary/aromatic N) is 1. The average Bonchev–Trinajstić information content (AvgIpc) is 3.00. The second kappa shape index (κ2) is 8.27. The van der Waals surface area contributed by atoms with Gasteiger partial charge in [-0.25, -0.2) is 4.31 Å². The van der Waals surface area contributed by atoms with Crippen molar-refractivity contribution < 1.29 is 36.2 Å². The monoisotopic (exact) mass is 443 g/mol. The summed E-state index contributed by atoms with van der Waals surface area (Å²) in [7, 11) is -4.52. The number of amides is 1. The Morgan fingerprint density at radius 1 is 1.07 bits per heavy atom. The van der Waals surface area contributed by atoms with Gasteiger partial charge >= 0.3 is 15.5 Å². The Labute approximate surface area is 171 Å². The molecule has 0 radical (unpaired) electrons. The smallest absolute Gasteiger partial charge is 0.497 e. The lowest BCUT2D eigenvalue weighted by molar-refractivity contribution is -0.129. The van der Waals surface area contributed by atoms with Crippen LogP contribution in [0.1, 0.15) is 17.0 Å². The van der Waals surface area contributed by atoms with E-state index in [1.165, 1.54) is 7.11 Å². The summed E-state index contributed by atoms with van der Waals surface area (Å²) < 4.78 is 69.0. The number of halogens is 3. The number of hydrogen-bond acceptors (Lipinski definition) is 5. The zero-order chi connectivity index (χ0) is 22.1. The van der Waals surface area contributed by atoms with Gasteiger partial charge in [0.25, 0.3) is 0 Å². The molecule has 0 unspecified atom stereocenters. The van der Waals surface area contributed by atoms with Crippen LogP contribution in [0.25, 0.3) is 0 Å².